The second kappa shape index (κ2) is 4.65. The first-order chi connectivity index (χ1) is 8.19. The normalized spacial score (nSPS) is 45.5. The van der Waals surface area contributed by atoms with Gasteiger partial charge >= 0.3 is 0 Å². The van der Waals surface area contributed by atoms with Gasteiger partial charge in [0.25, 0.3) is 0 Å². The van der Waals surface area contributed by atoms with Gasteiger partial charge in [0.05, 0.1) is 5.25 Å². The van der Waals surface area contributed by atoms with Crippen molar-refractivity contribution in [1.82, 2.24) is 5.32 Å². The van der Waals surface area contributed by atoms with Gasteiger partial charge in [0, 0.05) is 28.6 Å². The fourth-order valence-corrected chi connectivity index (χ4v) is 6.27. The van der Waals surface area contributed by atoms with E-state index in [0.29, 0.717) is 22.7 Å². The van der Waals surface area contributed by atoms with Crippen LogP contribution >= 0.6 is 0 Å². The van der Waals surface area contributed by atoms with Crippen LogP contribution < -0.4 is 5.32 Å². The summed E-state index contributed by atoms with van der Waals surface area (Å²) in [7, 11) is -0.579. The van der Waals surface area contributed by atoms with Gasteiger partial charge in [-0.2, -0.15) is 0 Å². The van der Waals surface area contributed by atoms with Crippen LogP contribution in [0.4, 0.5) is 0 Å². The van der Waals surface area contributed by atoms with E-state index < -0.39 is 10.8 Å². The molecule has 0 aromatic carbocycles. The Morgan fingerprint density at radius 3 is 2.71 bits per heavy atom. The Kier molecular flexibility index (Phi) is 3.33. The molecule has 0 aromatic heterocycles. The van der Waals surface area contributed by atoms with E-state index in [1.807, 2.05) is 0 Å². The molecule has 0 aromatic rings. The number of nitrogens with one attached hydrogen (secondary N) is 1. The second-order valence-electron chi connectivity index (χ2n) is 6.54. The molecule has 0 bridgehead atoms. The molecule has 1 N–H and O–H groups in total. The van der Waals surface area contributed by atoms with Gasteiger partial charge in [-0.1, -0.05) is 12.8 Å². The zero-order valence-electron chi connectivity index (χ0n) is 10.9. The van der Waals surface area contributed by atoms with Gasteiger partial charge < -0.3 is 5.32 Å². The van der Waals surface area contributed by atoms with Crippen molar-refractivity contribution in [1.29, 1.82) is 0 Å². The summed E-state index contributed by atoms with van der Waals surface area (Å²) in [6, 6.07) is 1.10. The smallest absolute Gasteiger partial charge is 0.0506 e. The van der Waals surface area contributed by atoms with E-state index in [1.54, 1.807) is 0 Å². The van der Waals surface area contributed by atoms with Crippen molar-refractivity contribution in [3.05, 3.63) is 0 Å². The molecule has 98 valence electrons. The van der Waals surface area contributed by atoms with Crippen molar-refractivity contribution >= 4 is 10.8 Å². The van der Waals surface area contributed by atoms with Gasteiger partial charge in [0.1, 0.15) is 0 Å². The average molecular weight is 255 g/mol. The summed E-state index contributed by atoms with van der Waals surface area (Å²) >= 11 is 0. The standard InChI is InChI=1S/C14H25NOS/c1-11-5-9-17(16)13-10-14(6-2-3-7-14)8-4-12(13)15-11/h11-13,15H,2-10H2,1H3. The van der Waals surface area contributed by atoms with Crippen molar-refractivity contribution in [2.24, 2.45) is 5.41 Å². The minimum absolute atomic E-state index is 0.451. The van der Waals surface area contributed by atoms with Crippen LogP contribution in [0.5, 0.6) is 0 Å². The van der Waals surface area contributed by atoms with E-state index >= 15 is 0 Å². The molecule has 4 unspecified atom stereocenters. The van der Waals surface area contributed by atoms with Gasteiger partial charge in [-0.15, -0.1) is 0 Å². The summed E-state index contributed by atoms with van der Waals surface area (Å²) in [5.74, 6) is 0.922. The second-order valence-corrected chi connectivity index (χ2v) is 8.31. The van der Waals surface area contributed by atoms with E-state index in [0.717, 1.165) is 12.2 Å². The van der Waals surface area contributed by atoms with Crippen molar-refractivity contribution in [2.75, 3.05) is 5.75 Å². The number of hydrogen-bond acceptors (Lipinski definition) is 2. The highest BCUT2D eigenvalue weighted by Gasteiger charge is 2.45. The molecule has 2 nitrogen and oxygen atoms in total. The molecule has 3 aliphatic rings. The summed E-state index contributed by atoms with van der Waals surface area (Å²) in [5.41, 5.74) is 0.589. The minimum Gasteiger partial charge on any atom is -0.310 e. The molecule has 3 rings (SSSR count). The monoisotopic (exact) mass is 255 g/mol. The van der Waals surface area contributed by atoms with Crippen molar-refractivity contribution < 1.29 is 4.21 Å². The van der Waals surface area contributed by atoms with Gasteiger partial charge in [0.2, 0.25) is 0 Å². The average Bonchev–Trinajstić information content (AvgIpc) is 2.71. The zero-order chi connectivity index (χ0) is 11.9. The lowest BCUT2D eigenvalue weighted by Gasteiger charge is -2.42. The molecule has 0 radical (unpaired) electrons. The highest BCUT2D eigenvalue weighted by Crippen LogP contribution is 2.50. The van der Waals surface area contributed by atoms with Gasteiger partial charge in [0.15, 0.2) is 0 Å². The molecule has 3 heteroatoms. The molecular weight excluding hydrogens is 230 g/mol. The molecule has 17 heavy (non-hydrogen) atoms. The van der Waals surface area contributed by atoms with E-state index in [2.05, 4.69) is 12.2 Å². The lowest BCUT2D eigenvalue weighted by molar-refractivity contribution is 0.170. The first-order valence-electron chi connectivity index (χ1n) is 7.32. The van der Waals surface area contributed by atoms with Crippen LogP contribution in [0.2, 0.25) is 0 Å². The SMILES string of the molecule is CC1CCS(=O)C2CC3(CCCC3)CCC2N1. The first-order valence-corrected chi connectivity index (χ1v) is 8.70. The summed E-state index contributed by atoms with van der Waals surface area (Å²) in [4.78, 5) is 0. The third-order valence-electron chi connectivity index (χ3n) is 5.32. The molecule has 0 amide bonds. The largest absolute Gasteiger partial charge is 0.310 e. The Morgan fingerprint density at radius 1 is 1.18 bits per heavy atom. The third-order valence-corrected chi connectivity index (χ3v) is 7.13. The number of rotatable bonds is 0. The van der Waals surface area contributed by atoms with Crippen molar-refractivity contribution in [3.8, 4) is 0 Å². The van der Waals surface area contributed by atoms with Crippen LogP contribution in [0.15, 0.2) is 0 Å². The molecule has 1 saturated heterocycles. The van der Waals surface area contributed by atoms with E-state index in [-0.39, 0.29) is 0 Å². The Bertz CT molecular complexity index is 311. The van der Waals surface area contributed by atoms with Crippen LogP contribution in [0.1, 0.15) is 58.3 Å². The summed E-state index contributed by atoms with van der Waals surface area (Å²) in [6.45, 7) is 2.25. The number of fused-ring (bicyclic) bond motifs is 1. The highest BCUT2D eigenvalue weighted by molar-refractivity contribution is 7.85. The van der Waals surface area contributed by atoms with Gasteiger partial charge in [-0.3, -0.25) is 4.21 Å². The Hall–Kier alpha value is 0.110. The highest BCUT2D eigenvalue weighted by atomic mass is 32.2. The fourth-order valence-electron chi connectivity index (χ4n) is 4.26. The van der Waals surface area contributed by atoms with E-state index in [9.17, 15) is 4.21 Å². The van der Waals surface area contributed by atoms with Gasteiger partial charge in [-0.25, -0.2) is 0 Å². The minimum atomic E-state index is -0.579. The predicted octanol–water partition coefficient (Wildman–Crippen LogP) is 2.60. The molecule has 1 heterocycles. The van der Waals surface area contributed by atoms with Gasteiger partial charge in [-0.05, 0) is 50.9 Å². The molecule has 1 spiro atoms. The van der Waals surface area contributed by atoms with Crippen LogP contribution in [0.25, 0.3) is 0 Å². The summed E-state index contributed by atoms with van der Waals surface area (Å²) in [6.07, 6.45) is 10.6. The Balaban J connectivity index is 1.77. The number of hydrogen-bond donors (Lipinski definition) is 1. The lowest BCUT2D eigenvalue weighted by atomic mass is 9.71. The first kappa shape index (κ1) is 12.2. The fraction of sp³-hybridized carbons (Fsp3) is 1.00. The Morgan fingerprint density at radius 2 is 1.94 bits per heavy atom. The van der Waals surface area contributed by atoms with Crippen molar-refractivity contribution in [3.63, 3.8) is 0 Å². The molecule has 2 aliphatic carbocycles. The van der Waals surface area contributed by atoms with Crippen LogP contribution in [0, 0.1) is 5.41 Å². The maximum atomic E-state index is 12.4. The van der Waals surface area contributed by atoms with Crippen LogP contribution in [-0.2, 0) is 10.8 Å². The van der Waals surface area contributed by atoms with Crippen LogP contribution in [0.3, 0.4) is 0 Å². The third kappa shape index (κ3) is 2.33. The van der Waals surface area contributed by atoms with E-state index in [1.165, 1.54) is 44.9 Å². The van der Waals surface area contributed by atoms with Crippen molar-refractivity contribution in [2.45, 2.75) is 75.6 Å². The summed E-state index contributed by atoms with van der Waals surface area (Å²) < 4.78 is 12.4. The quantitative estimate of drug-likeness (QED) is 0.721. The predicted molar refractivity (Wildman–Crippen MR) is 72.6 cm³/mol. The maximum Gasteiger partial charge on any atom is 0.0506 e. The summed E-state index contributed by atoms with van der Waals surface area (Å²) in [5, 5.41) is 4.18. The van der Waals surface area contributed by atoms with Crippen LogP contribution in [-0.4, -0.2) is 27.3 Å². The van der Waals surface area contributed by atoms with E-state index in [4.69, 9.17) is 0 Å². The Labute approximate surface area is 107 Å². The molecule has 3 fully saturated rings. The topological polar surface area (TPSA) is 29.1 Å². The molecule has 1 aliphatic heterocycles. The molecule has 4 atom stereocenters. The molecule has 2 saturated carbocycles. The molecular formula is C14H25NOS. The zero-order valence-corrected chi connectivity index (χ0v) is 11.7. The lowest BCUT2D eigenvalue weighted by Crippen LogP contribution is -2.49. The maximum absolute atomic E-state index is 12.4.